The number of hydrogen-bond acceptors (Lipinski definition) is 3. The summed E-state index contributed by atoms with van der Waals surface area (Å²) in [6.07, 6.45) is 4.71. The quantitative estimate of drug-likeness (QED) is 0.835. The molecular weight excluding hydrogens is 236 g/mol. The second-order valence-corrected chi connectivity index (χ2v) is 5.83. The van der Waals surface area contributed by atoms with E-state index in [1.807, 2.05) is 0 Å². The number of aromatic nitrogens is 1. The second kappa shape index (κ2) is 5.59. The fourth-order valence-electron chi connectivity index (χ4n) is 3.37. The minimum atomic E-state index is 0.516. The molecule has 0 amide bonds. The monoisotopic (exact) mass is 260 g/mol. The number of pyridine rings is 1. The number of likely N-dealkylation sites (tertiary alicyclic amines) is 1. The molecule has 0 aromatic carbocycles. The molecule has 0 bridgehead atoms. The van der Waals surface area contributed by atoms with E-state index in [2.05, 4.69) is 31.0 Å². The maximum atomic E-state index is 5.57. The van der Waals surface area contributed by atoms with E-state index in [1.165, 1.54) is 36.3 Å². The fourth-order valence-corrected chi connectivity index (χ4v) is 3.37. The average molecular weight is 260 g/mol. The molecule has 3 heteroatoms. The Balaban J connectivity index is 1.97. The minimum absolute atomic E-state index is 0.516. The lowest BCUT2D eigenvalue weighted by Crippen LogP contribution is -2.21. The first-order chi connectivity index (χ1) is 9.29. The van der Waals surface area contributed by atoms with Crippen LogP contribution in [0.3, 0.4) is 0 Å². The minimum Gasteiger partial charge on any atom is -0.381 e. The van der Waals surface area contributed by atoms with Crippen LogP contribution in [0.4, 0.5) is 0 Å². The van der Waals surface area contributed by atoms with Crippen molar-refractivity contribution < 1.29 is 4.74 Å². The van der Waals surface area contributed by atoms with E-state index in [1.54, 1.807) is 0 Å². The Morgan fingerprint density at radius 1 is 1.37 bits per heavy atom. The Morgan fingerprint density at radius 3 is 2.89 bits per heavy atom. The van der Waals surface area contributed by atoms with Gasteiger partial charge < -0.3 is 4.74 Å². The van der Waals surface area contributed by atoms with E-state index in [-0.39, 0.29) is 0 Å². The van der Waals surface area contributed by atoms with E-state index < -0.39 is 0 Å². The van der Waals surface area contributed by atoms with Gasteiger partial charge in [-0.05, 0) is 50.9 Å². The maximum Gasteiger partial charge on any atom is 0.0614 e. The van der Waals surface area contributed by atoms with Crippen LogP contribution in [-0.2, 0) is 11.2 Å². The van der Waals surface area contributed by atoms with Crippen LogP contribution >= 0.6 is 0 Å². The van der Waals surface area contributed by atoms with Crippen LogP contribution in [0, 0.1) is 0 Å². The zero-order valence-electron chi connectivity index (χ0n) is 12.1. The molecule has 0 radical (unpaired) electrons. The standard InChI is InChI=1S/C16H24N2O/c1-3-13-6-7-14(12-8-10-19-11-12)16(17-13)15-5-4-9-18(15)2/h6-7,12,15H,3-5,8-11H2,1-2H3. The molecule has 2 aliphatic rings. The molecule has 2 unspecified atom stereocenters. The third-order valence-electron chi connectivity index (χ3n) is 4.58. The van der Waals surface area contributed by atoms with Crippen LogP contribution in [-0.4, -0.2) is 36.7 Å². The first kappa shape index (κ1) is 13.1. The highest BCUT2D eigenvalue weighted by Crippen LogP contribution is 2.36. The van der Waals surface area contributed by atoms with Crippen molar-refractivity contribution in [2.75, 3.05) is 26.8 Å². The molecular formula is C16H24N2O. The van der Waals surface area contributed by atoms with Gasteiger partial charge in [-0.15, -0.1) is 0 Å². The molecule has 1 aromatic heterocycles. The van der Waals surface area contributed by atoms with Crippen molar-refractivity contribution in [1.29, 1.82) is 0 Å². The number of hydrogen-bond donors (Lipinski definition) is 0. The SMILES string of the molecule is CCc1ccc(C2CCOC2)c(C2CCCN2C)n1. The summed E-state index contributed by atoms with van der Waals surface area (Å²) in [5.74, 6) is 0.558. The van der Waals surface area contributed by atoms with Crippen molar-refractivity contribution in [2.24, 2.45) is 0 Å². The summed E-state index contributed by atoms with van der Waals surface area (Å²) in [6, 6.07) is 5.03. The van der Waals surface area contributed by atoms with Crippen LogP contribution in [0.5, 0.6) is 0 Å². The molecule has 2 aliphatic heterocycles. The van der Waals surface area contributed by atoms with Crippen molar-refractivity contribution in [1.82, 2.24) is 9.88 Å². The number of nitrogens with zero attached hydrogens (tertiary/aromatic N) is 2. The van der Waals surface area contributed by atoms with Crippen LogP contribution < -0.4 is 0 Å². The van der Waals surface area contributed by atoms with Gasteiger partial charge in [0.15, 0.2) is 0 Å². The summed E-state index contributed by atoms with van der Waals surface area (Å²) < 4.78 is 5.57. The molecule has 3 rings (SSSR count). The van der Waals surface area contributed by atoms with Gasteiger partial charge in [0.1, 0.15) is 0 Å². The lowest BCUT2D eigenvalue weighted by Gasteiger charge is -2.24. The van der Waals surface area contributed by atoms with E-state index in [9.17, 15) is 0 Å². The number of ether oxygens (including phenoxy) is 1. The molecule has 3 heterocycles. The van der Waals surface area contributed by atoms with Crippen LogP contribution in [0.2, 0.25) is 0 Å². The zero-order chi connectivity index (χ0) is 13.2. The predicted molar refractivity (Wildman–Crippen MR) is 76.4 cm³/mol. The van der Waals surface area contributed by atoms with Gasteiger partial charge in [-0.25, -0.2) is 0 Å². The third kappa shape index (κ3) is 2.54. The fraction of sp³-hybridized carbons (Fsp3) is 0.688. The van der Waals surface area contributed by atoms with Crippen molar-refractivity contribution in [3.8, 4) is 0 Å². The molecule has 2 atom stereocenters. The van der Waals surface area contributed by atoms with Crippen LogP contribution in [0.1, 0.15) is 55.1 Å². The van der Waals surface area contributed by atoms with Gasteiger partial charge in [-0.1, -0.05) is 13.0 Å². The average Bonchev–Trinajstić information content (AvgIpc) is 3.09. The largest absolute Gasteiger partial charge is 0.381 e. The van der Waals surface area contributed by atoms with Gasteiger partial charge in [-0.2, -0.15) is 0 Å². The molecule has 2 saturated heterocycles. The van der Waals surface area contributed by atoms with E-state index in [4.69, 9.17) is 9.72 Å². The molecule has 1 aromatic rings. The smallest absolute Gasteiger partial charge is 0.0614 e. The first-order valence-electron chi connectivity index (χ1n) is 7.57. The molecule has 19 heavy (non-hydrogen) atoms. The highest BCUT2D eigenvalue weighted by Gasteiger charge is 2.30. The van der Waals surface area contributed by atoms with Gasteiger partial charge in [0, 0.05) is 18.2 Å². The van der Waals surface area contributed by atoms with E-state index >= 15 is 0 Å². The highest BCUT2D eigenvalue weighted by molar-refractivity contribution is 5.30. The van der Waals surface area contributed by atoms with Gasteiger partial charge in [-0.3, -0.25) is 9.88 Å². The van der Waals surface area contributed by atoms with E-state index in [0.29, 0.717) is 12.0 Å². The lowest BCUT2D eigenvalue weighted by molar-refractivity contribution is 0.193. The maximum absolute atomic E-state index is 5.57. The molecule has 0 spiro atoms. The second-order valence-electron chi connectivity index (χ2n) is 5.83. The Hall–Kier alpha value is -0.930. The van der Waals surface area contributed by atoms with Crippen molar-refractivity contribution >= 4 is 0 Å². The normalized spacial score (nSPS) is 28.1. The summed E-state index contributed by atoms with van der Waals surface area (Å²) in [7, 11) is 2.23. The zero-order valence-corrected chi connectivity index (χ0v) is 12.1. The topological polar surface area (TPSA) is 25.4 Å². The van der Waals surface area contributed by atoms with Crippen molar-refractivity contribution in [2.45, 2.75) is 44.6 Å². The molecule has 2 fully saturated rings. The lowest BCUT2D eigenvalue weighted by atomic mass is 9.92. The molecule has 3 nitrogen and oxygen atoms in total. The van der Waals surface area contributed by atoms with Crippen molar-refractivity contribution in [3.05, 3.63) is 29.1 Å². The third-order valence-corrected chi connectivity index (χ3v) is 4.58. The highest BCUT2D eigenvalue weighted by atomic mass is 16.5. The Morgan fingerprint density at radius 2 is 2.26 bits per heavy atom. The van der Waals surface area contributed by atoms with Gasteiger partial charge in [0.05, 0.1) is 18.3 Å². The van der Waals surface area contributed by atoms with Crippen molar-refractivity contribution in [3.63, 3.8) is 0 Å². The Labute approximate surface area is 116 Å². The predicted octanol–water partition coefficient (Wildman–Crippen LogP) is 2.91. The Kier molecular flexibility index (Phi) is 3.85. The van der Waals surface area contributed by atoms with E-state index in [0.717, 1.165) is 26.1 Å². The summed E-state index contributed by atoms with van der Waals surface area (Å²) >= 11 is 0. The van der Waals surface area contributed by atoms with Gasteiger partial charge >= 0.3 is 0 Å². The summed E-state index contributed by atoms with van der Waals surface area (Å²) in [4.78, 5) is 7.43. The van der Waals surface area contributed by atoms with Crippen LogP contribution in [0.25, 0.3) is 0 Å². The summed E-state index contributed by atoms with van der Waals surface area (Å²) in [6.45, 7) is 5.16. The summed E-state index contributed by atoms with van der Waals surface area (Å²) in [5, 5.41) is 0. The molecule has 104 valence electrons. The molecule has 0 N–H and O–H groups in total. The van der Waals surface area contributed by atoms with Gasteiger partial charge in [0.25, 0.3) is 0 Å². The number of rotatable bonds is 3. The summed E-state index contributed by atoms with van der Waals surface area (Å²) in [5.41, 5.74) is 3.99. The number of aryl methyl sites for hydroxylation is 1. The first-order valence-corrected chi connectivity index (χ1v) is 7.57. The van der Waals surface area contributed by atoms with Gasteiger partial charge in [0.2, 0.25) is 0 Å². The molecule has 0 aliphatic carbocycles. The Bertz CT molecular complexity index is 440. The van der Waals surface area contributed by atoms with Crippen LogP contribution in [0.15, 0.2) is 12.1 Å². The molecule has 0 saturated carbocycles.